The summed E-state index contributed by atoms with van der Waals surface area (Å²) in [5.41, 5.74) is 0.668. The summed E-state index contributed by atoms with van der Waals surface area (Å²) in [5.74, 6) is 0.709. The molecule has 0 aliphatic rings. The van der Waals surface area contributed by atoms with Gasteiger partial charge >= 0.3 is 0 Å². The van der Waals surface area contributed by atoms with E-state index < -0.39 is 0 Å². The van der Waals surface area contributed by atoms with E-state index in [0.29, 0.717) is 18.5 Å². The van der Waals surface area contributed by atoms with E-state index in [9.17, 15) is 4.79 Å². The van der Waals surface area contributed by atoms with Gasteiger partial charge in [-0.3, -0.25) is 4.79 Å². The summed E-state index contributed by atoms with van der Waals surface area (Å²) in [6, 6.07) is 9.17. The van der Waals surface area contributed by atoms with Crippen LogP contribution in [0.1, 0.15) is 21.2 Å². The van der Waals surface area contributed by atoms with Crippen LogP contribution in [0, 0.1) is 6.92 Å². The van der Waals surface area contributed by atoms with Crippen LogP contribution >= 0.6 is 11.3 Å². The van der Waals surface area contributed by atoms with Crippen molar-refractivity contribution in [3.63, 3.8) is 0 Å². The van der Waals surface area contributed by atoms with Crippen molar-refractivity contribution in [3.8, 4) is 0 Å². The van der Waals surface area contributed by atoms with Gasteiger partial charge in [0.05, 0.1) is 0 Å². The highest BCUT2D eigenvalue weighted by Gasteiger charge is 2.09. The minimum absolute atomic E-state index is 0.0650. The molecule has 1 aromatic carbocycles. The SMILES string of the molecule is Cc1nnc2sc(CCNC(=O)c3ccccc3)nn12. The van der Waals surface area contributed by atoms with Crippen LogP contribution in [0.5, 0.6) is 0 Å². The van der Waals surface area contributed by atoms with Gasteiger partial charge in [-0.1, -0.05) is 29.5 Å². The lowest BCUT2D eigenvalue weighted by Gasteiger charge is -2.03. The van der Waals surface area contributed by atoms with Gasteiger partial charge in [0, 0.05) is 18.5 Å². The molecule has 0 aliphatic carbocycles. The molecular weight excluding hydrogens is 274 g/mol. The van der Waals surface area contributed by atoms with Crippen molar-refractivity contribution < 1.29 is 4.79 Å². The third-order valence-electron chi connectivity index (χ3n) is 2.85. The lowest BCUT2D eigenvalue weighted by atomic mass is 10.2. The van der Waals surface area contributed by atoms with E-state index in [0.717, 1.165) is 15.8 Å². The lowest BCUT2D eigenvalue weighted by Crippen LogP contribution is -2.25. The van der Waals surface area contributed by atoms with Gasteiger partial charge in [-0.05, 0) is 19.1 Å². The number of nitrogens with zero attached hydrogens (tertiary/aromatic N) is 4. The molecule has 102 valence electrons. The monoisotopic (exact) mass is 287 g/mol. The number of benzene rings is 1. The van der Waals surface area contributed by atoms with Gasteiger partial charge in [-0.15, -0.1) is 10.2 Å². The lowest BCUT2D eigenvalue weighted by molar-refractivity contribution is 0.0954. The summed E-state index contributed by atoms with van der Waals surface area (Å²) in [5, 5.41) is 16.2. The number of hydrogen-bond acceptors (Lipinski definition) is 5. The van der Waals surface area contributed by atoms with Crippen LogP contribution in [-0.4, -0.2) is 32.3 Å². The predicted octanol–water partition coefficient (Wildman–Crippen LogP) is 1.47. The van der Waals surface area contributed by atoms with Crippen molar-refractivity contribution in [2.75, 3.05) is 6.54 Å². The first-order chi connectivity index (χ1) is 9.74. The molecule has 20 heavy (non-hydrogen) atoms. The maximum atomic E-state index is 11.9. The Morgan fingerprint density at radius 1 is 1.30 bits per heavy atom. The average Bonchev–Trinajstić information content (AvgIpc) is 3.02. The van der Waals surface area contributed by atoms with Crippen LogP contribution in [0.15, 0.2) is 30.3 Å². The fourth-order valence-corrected chi connectivity index (χ4v) is 2.71. The molecule has 0 unspecified atom stereocenters. The van der Waals surface area contributed by atoms with E-state index in [1.807, 2.05) is 25.1 Å². The van der Waals surface area contributed by atoms with E-state index in [1.54, 1.807) is 16.6 Å². The topological polar surface area (TPSA) is 72.2 Å². The Hall–Kier alpha value is -2.28. The molecule has 0 saturated heterocycles. The summed E-state index contributed by atoms with van der Waals surface area (Å²) in [6.45, 7) is 2.41. The number of rotatable bonds is 4. The Bertz CT molecular complexity index is 734. The summed E-state index contributed by atoms with van der Waals surface area (Å²) in [7, 11) is 0. The van der Waals surface area contributed by atoms with Crippen LogP contribution in [0.4, 0.5) is 0 Å². The van der Waals surface area contributed by atoms with Crippen molar-refractivity contribution in [1.82, 2.24) is 25.1 Å². The Balaban J connectivity index is 1.58. The largest absolute Gasteiger partial charge is 0.352 e. The van der Waals surface area contributed by atoms with Crippen LogP contribution in [0.2, 0.25) is 0 Å². The molecule has 0 spiro atoms. The fraction of sp³-hybridized carbons (Fsp3) is 0.231. The van der Waals surface area contributed by atoms with E-state index >= 15 is 0 Å². The van der Waals surface area contributed by atoms with Gasteiger partial charge in [0.15, 0.2) is 5.82 Å². The molecule has 0 aliphatic heterocycles. The van der Waals surface area contributed by atoms with Crippen molar-refractivity contribution in [1.29, 1.82) is 0 Å². The molecule has 1 amide bonds. The zero-order chi connectivity index (χ0) is 13.9. The predicted molar refractivity (Wildman–Crippen MR) is 75.9 cm³/mol. The average molecular weight is 287 g/mol. The highest BCUT2D eigenvalue weighted by Crippen LogP contribution is 2.13. The standard InChI is InChI=1S/C13H13N5OS/c1-9-15-16-13-18(9)17-11(20-13)7-8-14-12(19)10-5-3-2-4-6-10/h2-6H,7-8H2,1H3,(H,14,19). The molecule has 3 aromatic rings. The smallest absolute Gasteiger partial charge is 0.251 e. The Kier molecular flexibility index (Phi) is 3.42. The van der Waals surface area contributed by atoms with Crippen molar-refractivity contribution in [3.05, 3.63) is 46.7 Å². The molecule has 0 atom stereocenters. The summed E-state index contributed by atoms with van der Waals surface area (Å²) in [4.78, 5) is 12.6. The maximum absolute atomic E-state index is 11.9. The van der Waals surface area contributed by atoms with E-state index in [2.05, 4.69) is 20.6 Å². The van der Waals surface area contributed by atoms with Crippen LogP contribution < -0.4 is 5.32 Å². The van der Waals surface area contributed by atoms with E-state index in [4.69, 9.17) is 0 Å². The molecule has 0 bridgehead atoms. The third kappa shape index (κ3) is 2.53. The van der Waals surface area contributed by atoms with Crippen molar-refractivity contribution >= 4 is 22.2 Å². The first kappa shape index (κ1) is 12.7. The Labute approximate surface area is 119 Å². The number of aromatic nitrogens is 4. The molecule has 1 N–H and O–H groups in total. The number of aryl methyl sites for hydroxylation is 1. The minimum Gasteiger partial charge on any atom is -0.352 e. The second-order valence-corrected chi connectivity index (χ2v) is 5.35. The highest BCUT2D eigenvalue weighted by molar-refractivity contribution is 7.16. The summed E-state index contributed by atoms with van der Waals surface area (Å²) in [6.07, 6.45) is 0.687. The van der Waals surface area contributed by atoms with Crippen molar-refractivity contribution in [2.24, 2.45) is 0 Å². The fourth-order valence-electron chi connectivity index (χ4n) is 1.83. The quantitative estimate of drug-likeness (QED) is 0.788. The number of carbonyl (C=O) groups excluding carboxylic acids is 1. The number of nitrogens with one attached hydrogen (secondary N) is 1. The van der Waals surface area contributed by atoms with E-state index in [-0.39, 0.29) is 5.91 Å². The van der Waals surface area contributed by atoms with Crippen LogP contribution in [-0.2, 0) is 6.42 Å². The number of hydrogen-bond donors (Lipinski definition) is 1. The highest BCUT2D eigenvalue weighted by atomic mass is 32.1. The molecular formula is C13H13N5OS. The maximum Gasteiger partial charge on any atom is 0.251 e. The van der Waals surface area contributed by atoms with Gasteiger partial charge < -0.3 is 5.32 Å². The molecule has 0 radical (unpaired) electrons. The third-order valence-corrected chi connectivity index (χ3v) is 3.81. The zero-order valence-electron chi connectivity index (χ0n) is 10.9. The van der Waals surface area contributed by atoms with Crippen LogP contribution in [0.3, 0.4) is 0 Å². The first-order valence-corrected chi connectivity index (χ1v) is 7.06. The van der Waals surface area contributed by atoms with Gasteiger partial charge in [-0.2, -0.15) is 9.61 Å². The zero-order valence-corrected chi connectivity index (χ0v) is 11.7. The second kappa shape index (κ2) is 5.38. The first-order valence-electron chi connectivity index (χ1n) is 6.25. The van der Waals surface area contributed by atoms with Gasteiger partial charge in [0.25, 0.3) is 5.91 Å². The van der Waals surface area contributed by atoms with Crippen molar-refractivity contribution in [2.45, 2.75) is 13.3 Å². The second-order valence-electron chi connectivity index (χ2n) is 4.31. The van der Waals surface area contributed by atoms with Gasteiger partial charge in [0.2, 0.25) is 4.96 Å². The number of amides is 1. The number of fused-ring (bicyclic) bond motifs is 1. The summed E-state index contributed by atoms with van der Waals surface area (Å²) < 4.78 is 1.72. The minimum atomic E-state index is -0.0650. The van der Waals surface area contributed by atoms with Gasteiger partial charge in [0.1, 0.15) is 5.01 Å². The van der Waals surface area contributed by atoms with Crippen LogP contribution in [0.25, 0.3) is 4.96 Å². The molecule has 0 fully saturated rings. The molecule has 3 rings (SSSR count). The number of carbonyl (C=O) groups is 1. The molecule has 7 heteroatoms. The molecule has 6 nitrogen and oxygen atoms in total. The molecule has 0 saturated carbocycles. The van der Waals surface area contributed by atoms with Gasteiger partial charge in [-0.25, -0.2) is 0 Å². The van der Waals surface area contributed by atoms with E-state index in [1.165, 1.54) is 11.3 Å². The summed E-state index contributed by atoms with van der Waals surface area (Å²) >= 11 is 1.49. The molecule has 2 aromatic heterocycles. The Morgan fingerprint density at radius 3 is 2.85 bits per heavy atom. The normalized spacial score (nSPS) is 10.8. The molecule has 2 heterocycles. The Morgan fingerprint density at radius 2 is 2.10 bits per heavy atom.